The highest BCUT2D eigenvalue weighted by Gasteiger charge is 2.50. The maximum absolute atomic E-state index is 14.0. The Morgan fingerprint density at radius 1 is 1.11 bits per heavy atom. The minimum atomic E-state index is -0.587. The number of methoxy groups -OCH3 is 2. The first-order valence-electron chi connectivity index (χ1n) is 8.75. The fourth-order valence-electron chi connectivity index (χ4n) is 4.03. The van der Waals surface area contributed by atoms with Gasteiger partial charge in [-0.15, -0.1) is 0 Å². The maximum Gasteiger partial charge on any atom is 0.244 e. The highest BCUT2D eigenvalue weighted by molar-refractivity contribution is 6.02. The number of carbonyl (C=O) groups excluding carboxylic acids is 1. The van der Waals surface area contributed by atoms with E-state index in [2.05, 4.69) is 0 Å². The molecule has 0 radical (unpaired) electrons. The van der Waals surface area contributed by atoms with Crippen molar-refractivity contribution in [2.45, 2.75) is 25.0 Å². The van der Waals surface area contributed by atoms with E-state index in [1.165, 1.54) is 18.2 Å². The molecule has 0 spiro atoms. The lowest BCUT2D eigenvalue weighted by molar-refractivity contribution is -0.122. The molecule has 2 aliphatic rings. The number of ether oxygens (including phenoxy) is 2. The van der Waals surface area contributed by atoms with Crippen LogP contribution in [0, 0.1) is 11.6 Å². The first-order valence-corrected chi connectivity index (χ1v) is 8.75. The van der Waals surface area contributed by atoms with E-state index in [0.717, 1.165) is 0 Å². The molecule has 2 fully saturated rings. The van der Waals surface area contributed by atoms with Crippen molar-refractivity contribution in [1.29, 1.82) is 0 Å². The predicted molar refractivity (Wildman–Crippen MR) is 96.0 cm³/mol. The molecule has 27 heavy (non-hydrogen) atoms. The molecule has 4 rings (SSSR count). The van der Waals surface area contributed by atoms with E-state index in [9.17, 15) is 13.6 Å². The molecule has 2 aromatic rings. The lowest BCUT2D eigenvalue weighted by Gasteiger charge is -2.34. The summed E-state index contributed by atoms with van der Waals surface area (Å²) in [5.74, 6) is -0.0438. The van der Waals surface area contributed by atoms with Crippen molar-refractivity contribution in [1.82, 2.24) is 4.90 Å². The van der Waals surface area contributed by atoms with Crippen LogP contribution in [-0.2, 0) is 11.3 Å². The van der Waals surface area contributed by atoms with Crippen molar-refractivity contribution in [2.24, 2.45) is 0 Å². The van der Waals surface area contributed by atoms with Crippen molar-refractivity contribution in [3.8, 4) is 11.5 Å². The summed E-state index contributed by atoms with van der Waals surface area (Å²) in [6.07, 6.45) is 0.620. The molecule has 1 amide bonds. The van der Waals surface area contributed by atoms with Gasteiger partial charge in [0.05, 0.1) is 32.0 Å². The van der Waals surface area contributed by atoms with Crippen LogP contribution < -0.4 is 14.4 Å². The molecule has 2 atom stereocenters. The Labute approximate surface area is 156 Å². The van der Waals surface area contributed by atoms with Crippen molar-refractivity contribution < 1.29 is 23.0 Å². The molecule has 7 heteroatoms. The molecule has 0 saturated carbocycles. The first-order chi connectivity index (χ1) is 13.0. The quantitative estimate of drug-likeness (QED) is 0.807. The lowest BCUT2D eigenvalue weighted by Crippen LogP contribution is -2.50. The van der Waals surface area contributed by atoms with Crippen LogP contribution in [0.25, 0.3) is 0 Å². The SMILES string of the molecule is COc1ccc(OC)c(N2C(=O)[C@@H]3C[C@H]2CN3Cc2c(F)cccc2F)c1. The number of amides is 1. The summed E-state index contributed by atoms with van der Waals surface area (Å²) in [4.78, 5) is 16.6. The third kappa shape index (κ3) is 2.92. The topological polar surface area (TPSA) is 42.0 Å². The highest BCUT2D eigenvalue weighted by Crippen LogP contribution is 2.42. The fourth-order valence-corrected chi connectivity index (χ4v) is 4.03. The van der Waals surface area contributed by atoms with Crippen LogP contribution in [0.1, 0.15) is 12.0 Å². The summed E-state index contributed by atoms with van der Waals surface area (Å²) in [5, 5.41) is 0. The number of piperazine rings is 1. The second kappa shape index (κ2) is 6.81. The monoisotopic (exact) mass is 374 g/mol. The zero-order chi connectivity index (χ0) is 19.1. The molecule has 0 unspecified atom stereocenters. The Morgan fingerprint density at radius 3 is 2.48 bits per heavy atom. The van der Waals surface area contributed by atoms with Gasteiger partial charge in [0.1, 0.15) is 23.1 Å². The summed E-state index contributed by atoms with van der Waals surface area (Å²) < 4.78 is 38.6. The Morgan fingerprint density at radius 2 is 1.85 bits per heavy atom. The van der Waals surface area contributed by atoms with Gasteiger partial charge < -0.3 is 14.4 Å². The molecule has 0 aromatic heterocycles. The smallest absolute Gasteiger partial charge is 0.244 e. The van der Waals surface area contributed by atoms with Crippen molar-refractivity contribution >= 4 is 11.6 Å². The molecule has 2 heterocycles. The Hall–Kier alpha value is -2.67. The van der Waals surface area contributed by atoms with Crippen molar-refractivity contribution in [2.75, 3.05) is 25.7 Å². The van der Waals surface area contributed by atoms with Gasteiger partial charge >= 0.3 is 0 Å². The van der Waals surface area contributed by atoms with Crippen LogP contribution in [0.15, 0.2) is 36.4 Å². The number of rotatable bonds is 5. The van der Waals surface area contributed by atoms with Crippen molar-refractivity contribution in [3.05, 3.63) is 53.6 Å². The second-order valence-corrected chi connectivity index (χ2v) is 6.78. The number of fused-ring (bicyclic) bond motifs is 2. The normalized spacial score (nSPS) is 21.8. The molecule has 2 aromatic carbocycles. The number of halogens is 2. The maximum atomic E-state index is 14.0. The summed E-state index contributed by atoms with van der Waals surface area (Å²) in [5.41, 5.74) is 0.662. The molecule has 2 saturated heterocycles. The highest BCUT2D eigenvalue weighted by atomic mass is 19.1. The van der Waals surface area contributed by atoms with Gasteiger partial charge in [-0.25, -0.2) is 8.78 Å². The first kappa shape index (κ1) is 17.7. The number of nitrogens with zero attached hydrogens (tertiary/aromatic N) is 2. The third-order valence-corrected chi connectivity index (χ3v) is 5.34. The van der Waals surface area contributed by atoms with Crippen LogP contribution in [0.4, 0.5) is 14.5 Å². The molecule has 0 aliphatic carbocycles. The van der Waals surface area contributed by atoms with Crippen LogP contribution in [0.5, 0.6) is 11.5 Å². The van der Waals surface area contributed by atoms with Gasteiger partial charge in [-0.2, -0.15) is 0 Å². The number of likely N-dealkylation sites (tertiary alicyclic amines) is 1. The molecule has 142 valence electrons. The average molecular weight is 374 g/mol. The Bertz CT molecular complexity index is 869. The van der Waals surface area contributed by atoms with Crippen LogP contribution in [0.2, 0.25) is 0 Å². The minimum absolute atomic E-state index is 0.00311. The van der Waals surface area contributed by atoms with E-state index < -0.39 is 17.7 Å². The molecular formula is C20H20F2N2O3. The van der Waals surface area contributed by atoms with Crippen LogP contribution >= 0.6 is 0 Å². The largest absolute Gasteiger partial charge is 0.497 e. The zero-order valence-corrected chi connectivity index (χ0v) is 15.1. The van der Waals surface area contributed by atoms with Crippen LogP contribution in [-0.4, -0.2) is 43.7 Å². The summed E-state index contributed by atoms with van der Waals surface area (Å²) in [7, 11) is 3.12. The van der Waals surface area contributed by atoms with Gasteiger partial charge in [-0.3, -0.25) is 9.69 Å². The average Bonchev–Trinajstić information content (AvgIpc) is 3.21. The lowest BCUT2D eigenvalue weighted by atomic mass is 10.1. The van der Waals surface area contributed by atoms with Gasteiger partial charge in [0.2, 0.25) is 5.91 Å². The second-order valence-electron chi connectivity index (χ2n) is 6.78. The standard InChI is InChI=1S/C20H20F2N2O3/c1-26-13-6-7-19(27-2)17(9-13)24-12-8-18(20(24)25)23(10-12)11-14-15(21)4-3-5-16(14)22/h3-7,9,12,18H,8,10-11H2,1-2H3/t12-,18-/m0/s1. The van der Waals surface area contributed by atoms with E-state index in [0.29, 0.717) is 30.2 Å². The van der Waals surface area contributed by atoms with E-state index in [1.807, 2.05) is 4.90 Å². The van der Waals surface area contributed by atoms with E-state index >= 15 is 0 Å². The van der Waals surface area contributed by atoms with Gasteiger partial charge in [0, 0.05) is 24.7 Å². The third-order valence-electron chi connectivity index (χ3n) is 5.34. The van der Waals surface area contributed by atoms with Crippen LogP contribution in [0.3, 0.4) is 0 Å². The number of hydrogen-bond acceptors (Lipinski definition) is 4. The van der Waals surface area contributed by atoms with Crippen molar-refractivity contribution in [3.63, 3.8) is 0 Å². The number of hydrogen-bond donors (Lipinski definition) is 0. The zero-order valence-electron chi connectivity index (χ0n) is 15.1. The molecule has 5 nitrogen and oxygen atoms in total. The fraction of sp³-hybridized carbons (Fsp3) is 0.350. The van der Waals surface area contributed by atoms with Gasteiger partial charge in [0.15, 0.2) is 0 Å². The predicted octanol–water partition coefficient (Wildman–Crippen LogP) is 2.97. The molecule has 2 aliphatic heterocycles. The molecule has 0 N–H and O–H groups in total. The Kier molecular flexibility index (Phi) is 4.47. The van der Waals surface area contributed by atoms with E-state index in [-0.39, 0.29) is 24.1 Å². The van der Waals surface area contributed by atoms with E-state index in [1.54, 1.807) is 37.3 Å². The summed E-state index contributed by atoms with van der Waals surface area (Å²) >= 11 is 0. The summed E-state index contributed by atoms with van der Waals surface area (Å²) in [6.45, 7) is 0.624. The van der Waals surface area contributed by atoms with Gasteiger partial charge in [-0.1, -0.05) is 6.07 Å². The Balaban J connectivity index is 1.59. The number of benzene rings is 2. The molecule has 2 bridgehead atoms. The van der Waals surface area contributed by atoms with E-state index in [4.69, 9.17) is 9.47 Å². The number of carbonyl (C=O) groups is 1. The molecular weight excluding hydrogens is 354 g/mol. The van der Waals surface area contributed by atoms with Gasteiger partial charge in [-0.05, 0) is 30.7 Å². The van der Waals surface area contributed by atoms with Gasteiger partial charge in [0.25, 0.3) is 0 Å². The summed E-state index contributed by atoms with van der Waals surface area (Å²) in [6, 6.07) is 8.66. The number of anilines is 1. The minimum Gasteiger partial charge on any atom is -0.497 e.